The maximum atomic E-state index is 13.4. The second-order valence-corrected chi connectivity index (χ2v) is 9.30. The molecule has 0 aliphatic carbocycles. The molecule has 1 amide bonds. The maximum Gasteiger partial charge on any atom is 0.416 e. The lowest BCUT2D eigenvalue weighted by molar-refractivity contribution is -0.137. The number of halogens is 3. The molecule has 0 saturated carbocycles. The van der Waals surface area contributed by atoms with E-state index < -0.39 is 35.2 Å². The lowest BCUT2D eigenvalue weighted by Gasteiger charge is -2.26. The molecule has 1 saturated heterocycles. The molecule has 1 aromatic heterocycles. The van der Waals surface area contributed by atoms with E-state index in [0.717, 1.165) is 28.2 Å². The van der Waals surface area contributed by atoms with Crippen LogP contribution in [-0.4, -0.2) is 23.9 Å². The zero-order valence-electron chi connectivity index (χ0n) is 19.4. The number of amides is 1. The first kappa shape index (κ1) is 24.5. The summed E-state index contributed by atoms with van der Waals surface area (Å²) in [4.78, 5) is 28.1. The number of rotatable bonds is 4. The number of ketones is 1. The molecule has 9 heteroatoms. The number of alkyl halides is 3. The van der Waals surface area contributed by atoms with Gasteiger partial charge in [0.2, 0.25) is 0 Å². The molecule has 1 N–H and O–H groups in total. The fourth-order valence-corrected chi connectivity index (χ4v) is 5.41. The second-order valence-electron chi connectivity index (χ2n) is 8.35. The highest BCUT2D eigenvalue weighted by molar-refractivity contribution is 7.10. The molecule has 1 atom stereocenters. The highest BCUT2D eigenvalue weighted by Gasteiger charge is 2.48. The quantitative estimate of drug-likeness (QED) is 0.258. The molecule has 182 valence electrons. The van der Waals surface area contributed by atoms with Crippen molar-refractivity contribution in [1.29, 1.82) is 0 Å². The van der Waals surface area contributed by atoms with Gasteiger partial charge in [-0.25, -0.2) is 0 Å². The van der Waals surface area contributed by atoms with Crippen molar-refractivity contribution >= 4 is 34.5 Å². The summed E-state index contributed by atoms with van der Waals surface area (Å²) < 4.78 is 45.7. The molecule has 1 unspecified atom stereocenters. The van der Waals surface area contributed by atoms with Crippen molar-refractivity contribution in [3.05, 3.63) is 86.1 Å². The summed E-state index contributed by atoms with van der Waals surface area (Å²) in [5.41, 5.74) is 1.22. The summed E-state index contributed by atoms with van der Waals surface area (Å²) in [7, 11) is 1.43. The van der Waals surface area contributed by atoms with Crippen LogP contribution in [-0.2, 0) is 15.8 Å². The van der Waals surface area contributed by atoms with Gasteiger partial charge in [0, 0.05) is 10.6 Å². The zero-order chi connectivity index (χ0) is 25.7. The van der Waals surface area contributed by atoms with Gasteiger partial charge in [-0.1, -0.05) is 12.1 Å². The van der Waals surface area contributed by atoms with Crippen molar-refractivity contribution in [1.82, 2.24) is 0 Å². The number of methoxy groups -OCH3 is 1. The highest BCUT2D eigenvalue weighted by Crippen LogP contribution is 2.46. The van der Waals surface area contributed by atoms with Gasteiger partial charge < -0.3 is 9.84 Å². The lowest BCUT2D eigenvalue weighted by Crippen LogP contribution is -2.29. The summed E-state index contributed by atoms with van der Waals surface area (Å²) in [6.45, 7) is 5.37. The maximum absolute atomic E-state index is 13.4. The van der Waals surface area contributed by atoms with Gasteiger partial charge in [-0.3, -0.25) is 14.5 Å². The van der Waals surface area contributed by atoms with Crippen molar-refractivity contribution in [3.63, 3.8) is 0 Å². The molecule has 1 fully saturated rings. The number of hydrogen-bond donors (Lipinski definition) is 1. The molecule has 0 radical (unpaired) electrons. The Hall–Kier alpha value is -3.59. The Morgan fingerprint density at radius 3 is 2.37 bits per heavy atom. The molecule has 1 aliphatic heterocycles. The number of hydrogen-bond acceptors (Lipinski definition) is 5. The highest BCUT2D eigenvalue weighted by atomic mass is 32.1. The van der Waals surface area contributed by atoms with Crippen LogP contribution in [0.3, 0.4) is 0 Å². The van der Waals surface area contributed by atoms with Crippen LogP contribution in [0, 0.1) is 20.8 Å². The number of carbonyl (C=O) groups excluding carboxylic acids is 2. The van der Waals surface area contributed by atoms with Gasteiger partial charge in [0.15, 0.2) is 0 Å². The minimum Gasteiger partial charge on any atom is -0.507 e. The van der Waals surface area contributed by atoms with Crippen LogP contribution in [0.15, 0.2) is 53.4 Å². The fraction of sp³-hybridized carbons (Fsp3) is 0.231. The van der Waals surface area contributed by atoms with E-state index in [9.17, 15) is 27.9 Å². The van der Waals surface area contributed by atoms with E-state index in [-0.39, 0.29) is 16.8 Å². The number of Topliss-reactive ketones (excluding diaryl/α,β-unsaturated/α-hetero) is 1. The number of ether oxygens (including phenoxy) is 1. The summed E-state index contributed by atoms with van der Waals surface area (Å²) >= 11 is 1.25. The number of aryl methyl sites for hydroxylation is 3. The number of aliphatic hydroxyl groups excluding tert-OH is 1. The van der Waals surface area contributed by atoms with E-state index in [2.05, 4.69) is 0 Å². The largest absolute Gasteiger partial charge is 0.507 e. The Balaban J connectivity index is 2.00. The Morgan fingerprint density at radius 1 is 1.06 bits per heavy atom. The first-order chi connectivity index (χ1) is 16.5. The molecule has 1 aliphatic rings. The van der Waals surface area contributed by atoms with Crippen LogP contribution in [0.25, 0.3) is 5.76 Å². The van der Waals surface area contributed by atoms with E-state index in [4.69, 9.17) is 4.74 Å². The number of aliphatic hydroxyl groups is 1. The predicted molar refractivity (Wildman–Crippen MR) is 128 cm³/mol. The number of benzene rings is 2. The Labute approximate surface area is 204 Å². The van der Waals surface area contributed by atoms with Crippen LogP contribution in [0.5, 0.6) is 5.75 Å². The number of nitrogens with zero attached hydrogens (tertiary/aromatic N) is 1. The lowest BCUT2D eigenvalue weighted by atomic mass is 9.95. The van der Waals surface area contributed by atoms with Gasteiger partial charge in [-0.15, -0.1) is 11.3 Å². The van der Waals surface area contributed by atoms with Crippen molar-refractivity contribution in [2.75, 3.05) is 12.0 Å². The van der Waals surface area contributed by atoms with Crippen molar-refractivity contribution in [3.8, 4) is 5.75 Å². The molecule has 0 bridgehead atoms. The third-order valence-corrected chi connectivity index (χ3v) is 7.00. The average Bonchev–Trinajstić information content (AvgIpc) is 3.32. The van der Waals surface area contributed by atoms with Gasteiger partial charge in [-0.2, -0.15) is 13.2 Å². The molecule has 3 aromatic rings. The third kappa shape index (κ3) is 4.20. The van der Waals surface area contributed by atoms with E-state index in [0.29, 0.717) is 16.2 Å². The van der Waals surface area contributed by atoms with E-state index >= 15 is 0 Å². The molecule has 2 aromatic carbocycles. The molecular weight excluding hydrogens is 479 g/mol. The third-order valence-electron chi connectivity index (χ3n) is 5.92. The van der Waals surface area contributed by atoms with E-state index in [1.54, 1.807) is 31.4 Å². The summed E-state index contributed by atoms with van der Waals surface area (Å²) in [6.07, 6.45) is -4.63. The van der Waals surface area contributed by atoms with Gasteiger partial charge in [-0.05, 0) is 73.2 Å². The molecule has 2 heterocycles. The number of carbonyl (C=O) groups is 2. The van der Waals surface area contributed by atoms with Gasteiger partial charge in [0.05, 0.1) is 23.8 Å². The van der Waals surface area contributed by atoms with Gasteiger partial charge >= 0.3 is 6.18 Å². The predicted octanol–water partition coefficient (Wildman–Crippen LogP) is 6.33. The van der Waals surface area contributed by atoms with E-state index in [1.165, 1.54) is 30.6 Å². The first-order valence-electron chi connectivity index (χ1n) is 10.6. The van der Waals surface area contributed by atoms with Crippen LogP contribution in [0.4, 0.5) is 18.9 Å². The second kappa shape index (κ2) is 8.88. The normalized spacial score (nSPS) is 17.8. The Kier molecular flexibility index (Phi) is 6.23. The van der Waals surface area contributed by atoms with Crippen LogP contribution < -0.4 is 9.64 Å². The average molecular weight is 502 g/mol. The van der Waals surface area contributed by atoms with Gasteiger partial charge in [0.25, 0.3) is 11.7 Å². The van der Waals surface area contributed by atoms with Crippen molar-refractivity contribution < 1.29 is 32.6 Å². The molecule has 4 rings (SSSR count). The SMILES string of the molecule is COc1c(C)cc(C)cc1/C(O)=C1\C(=O)C(=O)N(c2cccc(C(F)(F)F)c2)C1c1sccc1C. The fourth-order valence-electron chi connectivity index (χ4n) is 4.39. The molecule has 0 spiro atoms. The monoisotopic (exact) mass is 501 g/mol. The number of anilines is 1. The Morgan fingerprint density at radius 2 is 1.77 bits per heavy atom. The molecule has 35 heavy (non-hydrogen) atoms. The topological polar surface area (TPSA) is 66.8 Å². The minimum absolute atomic E-state index is 0.0915. The molecule has 5 nitrogen and oxygen atoms in total. The van der Waals surface area contributed by atoms with E-state index in [1.807, 2.05) is 13.0 Å². The number of thiophene rings is 1. The Bertz CT molecular complexity index is 1370. The van der Waals surface area contributed by atoms with Gasteiger partial charge in [0.1, 0.15) is 17.6 Å². The standard InChI is InChI=1S/C26H22F3NO4S/c1-13-10-15(3)23(34-4)18(11-13)21(31)19-20(24-14(2)8-9-35-24)30(25(33)22(19)32)17-7-5-6-16(12-17)26(27,28)29/h5-12,20,31H,1-4H3/b21-19+. The van der Waals surface area contributed by atoms with Crippen molar-refractivity contribution in [2.24, 2.45) is 0 Å². The van der Waals surface area contributed by atoms with Crippen molar-refractivity contribution in [2.45, 2.75) is 33.0 Å². The first-order valence-corrected chi connectivity index (χ1v) is 11.5. The smallest absolute Gasteiger partial charge is 0.416 e. The van der Waals surface area contributed by atoms with Crippen LogP contribution in [0.1, 0.15) is 38.7 Å². The van der Waals surface area contributed by atoms with Crippen LogP contribution in [0.2, 0.25) is 0 Å². The summed E-state index contributed by atoms with van der Waals surface area (Å²) in [5.74, 6) is -2.12. The van der Waals surface area contributed by atoms with Crippen LogP contribution >= 0.6 is 11.3 Å². The zero-order valence-corrected chi connectivity index (χ0v) is 20.2. The molecular formula is C26H22F3NO4S. The summed E-state index contributed by atoms with van der Waals surface area (Å²) in [5, 5.41) is 13.2. The minimum atomic E-state index is -4.63. The summed E-state index contributed by atoms with van der Waals surface area (Å²) in [6, 6.07) is 8.41.